The van der Waals surface area contributed by atoms with Gasteiger partial charge in [0, 0.05) is 6.42 Å². The molecule has 0 heterocycles. The zero-order chi connectivity index (χ0) is 12.5. The van der Waals surface area contributed by atoms with Crippen molar-refractivity contribution in [3.63, 3.8) is 0 Å². The summed E-state index contributed by atoms with van der Waals surface area (Å²) in [5, 5.41) is 11.3. The molecule has 0 aliphatic heterocycles. The van der Waals surface area contributed by atoms with E-state index in [0.29, 0.717) is 0 Å². The fourth-order valence-corrected chi connectivity index (χ4v) is 4.36. The average molecular weight is 244 g/mol. The van der Waals surface area contributed by atoms with Gasteiger partial charge in [-0.05, 0) is 36.7 Å². The van der Waals surface area contributed by atoms with E-state index in [0.717, 1.165) is 12.8 Å². The van der Waals surface area contributed by atoms with Gasteiger partial charge in [0.25, 0.3) is 0 Å². The second-order valence-corrected chi connectivity index (χ2v) is 6.39. The quantitative estimate of drug-likeness (QED) is 0.830. The van der Waals surface area contributed by atoms with Gasteiger partial charge in [-0.25, -0.2) is 0 Å². The summed E-state index contributed by atoms with van der Waals surface area (Å²) < 4.78 is 0. The molecule has 1 nitrogen and oxygen atoms in total. The summed E-state index contributed by atoms with van der Waals surface area (Å²) in [7, 11) is 0. The third-order valence-corrected chi connectivity index (χ3v) is 5.38. The molecule has 0 saturated heterocycles. The van der Waals surface area contributed by atoms with Crippen LogP contribution < -0.4 is 0 Å². The predicted molar refractivity (Wildman–Crippen MR) is 74.5 cm³/mol. The second kappa shape index (κ2) is 4.70. The number of benzene rings is 1. The van der Waals surface area contributed by atoms with Crippen molar-refractivity contribution < 1.29 is 5.11 Å². The topological polar surface area (TPSA) is 20.2 Å². The molecule has 1 spiro atoms. The Labute approximate surface area is 110 Å². The van der Waals surface area contributed by atoms with Crippen molar-refractivity contribution >= 4 is 0 Å². The maximum Gasteiger partial charge on any atom is 0.0743 e. The van der Waals surface area contributed by atoms with E-state index in [2.05, 4.69) is 30.3 Å². The Morgan fingerprint density at radius 3 is 2.00 bits per heavy atom. The van der Waals surface area contributed by atoms with Crippen molar-refractivity contribution in [2.45, 2.75) is 63.4 Å². The predicted octanol–water partition coefficient (Wildman–Crippen LogP) is 4.09. The number of hydrogen-bond acceptors (Lipinski definition) is 1. The van der Waals surface area contributed by atoms with Crippen molar-refractivity contribution in [2.24, 2.45) is 5.41 Å². The van der Waals surface area contributed by atoms with Crippen molar-refractivity contribution in [3.8, 4) is 0 Å². The summed E-state index contributed by atoms with van der Waals surface area (Å²) in [6.45, 7) is 0. The Morgan fingerprint density at radius 1 is 0.833 bits per heavy atom. The lowest BCUT2D eigenvalue weighted by molar-refractivity contribution is -0.112. The van der Waals surface area contributed by atoms with Crippen LogP contribution in [0.15, 0.2) is 30.3 Å². The molecule has 0 amide bonds. The first-order chi connectivity index (χ1) is 8.74. The summed E-state index contributed by atoms with van der Waals surface area (Å²) in [5.41, 5.74) is 1.10. The molecule has 3 rings (SSSR count). The van der Waals surface area contributed by atoms with Gasteiger partial charge in [-0.15, -0.1) is 0 Å². The molecule has 2 fully saturated rings. The van der Waals surface area contributed by atoms with Crippen molar-refractivity contribution in [1.82, 2.24) is 0 Å². The van der Waals surface area contributed by atoms with Crippen LogP contribution in [0.2, 0.25) is 0 Å². The Balaban J connectivity index is 1.86. The fraction of sp³-hybridized carbons (Fsp3) is 0.647. The van der Waals surface area contributed by atoms with E-state index in [4.69, 9.17) is 0 Å². The maximum absolute atomic E-state index is 11.3. The molecule has 18 heavy (non-hydrogen) atoms. The Kier molecular flexibility index (Phi) is 3.19. The molecule has 1 atom stereocenters. The highest BCUT2D eigenvalue weighted by Gasteiger charge is 2.52. The van der Waals surface area contributed by atoms with E-state index in [-0.39, 0.29) is 5.41 Å². The zero-order valence-electron chi connectivity index (χ0n) is 11.2. The first-order valence-corrected chi connectivity index (χ1v) is 7.51. The van der Waals surface area contributed by atoms with Gasteiger partial charge in [-0.1, -0.05) is 56.0 Å². The molecule has 1 aromatic rings. The third kappa shape index (κ3) is 1.99. The van der Waals surface area contributed by atoms with Crippen LogP contribution in [0.3, 0.4) is 0 Å². The molecular weight excluding hydrogens is 220 g/mol. The van der Waals surface area contributed by atoms with Crippen LogP contribution in [0.5, 0.6) is 0 Å². The van der Waals surface area contributed by atoms with Crippen LogP contribution in [0.4, 0.5) is 0 Å². The van der Waals surface area contributed by atoms with Gasteiger partial charge < -0.3 is 5.11 Å². The van der Waals surface area contributed by atoms with E-state index in [1.54, 1.807) is 0 Å². The highest BCUT2D eigenvalue weighted by molar-refractivity contribution is 5.19. The monoisotopic (exact) mass is 244 g/mol. The van der Waals surface area contributed by atoms with Gasteiger partial charge in [0.05, 0.1) is 5.60 Å². The second-order valence-electron chi connectivity index (χ2n) is 6.39. The molecule has 1 N–H and O–H groups in total. The summed E-state index contributed by atoms with van der Waals surface area (Å²) >= 11 is 0. The van der Waals surface area contributed by atoms with Crippen LogP contribution in [0, 0.1) is 5.41 Å². The molecule has 2 aliphatic carbocycles. The smallest absolute Gasteiger partial charge is 0.0743 e. The molecule has 98 valence electrons. The van der Waals surface area contributed by atoms with Gasteiger partial charge in [-0.3, -0.25) is 0 Å². The Hall–Kier alpha value is -0.820. The lowest BCUT2D eigenvalue weighted by atomic mass is 9.60. The van der Waals surface area contributed by atoms with Crippen molar-refractivity contribution in [3.05, 3.63) is 35.9 Å². The third-order valence-electron chi connectivity index (χ3n) is 5.38. The summed E-state index contributed by atoms with van der Waals surface area (Å²) in [4.78, 5) is 0. The standard InChI is InChI=1S/C17H24O/c18-17(14-15-8-2-1-3-9-15)13-7-6-12-16(17)10-4-5-11-16/h1-3,8-9,18H,4-7,10-14H2. The molecule has 0 radical (unpaired) electrons. The van der Waals surface area contributed by atoms with Crippen LogP contribution in [0.1, 0.15) is 56.9 Å². The lowest BCUT2D eigenvalue weighted by Gasteiger charge is -2.49. The van der Waals surface area contributed by atoms with Gasteiger partial charge in [0.1, 0.15) is 0 Å². The molecule has 0 bridgehead atoms. The normalized spacial score (nSPS) is 30.7. The molecule has 2 saturated carbocycles. The van der Waals surface area contributed by atoms with Crippen LogP contribution in [0.25, 0.3) is 0 Å². The summed E-state index contributed by atoms with van der Waals surface area (Å²) in [6, 6.07) is 10.6. The molecule has 1 aromatic carbocycles. The number of hydrogen-bond donors (Lipinski definition) is 1. The molecular formula is C17H24O. The minimum absolute atomic E-state index is 0.237. The van der Waals surface area contributed by atoms with Crippen LogP contribution in [-0.2, 0) is 6.42 Å². The van der Waals surface area contributed by atoms with Gasteiger partial charge in [-0.2, -0.15) is 0 Å². The number of rotatable bonds is 2. The van der Waals surface area contributed by atoms with E-state index >= 15 is 0 Å². The largest absolute Gasteiger partial charge is 0.389 e. The van der Waals surface area contributed by atoms with E-state index < -0.39 is 5.60 Å². The van der Waals surface area contributed by atoms with Crippen LogP contribution >= 0.6 is 0 Å². The zero-order valence-corrected chi connectivity index (χ0v) is 11.2. The first-order valence-electron chi connectivity index (χ1n) is 7.51. The first kappa shape index (κ1) is 12.2. The Morgan fingerprint density at radius 2 is 1.39 bits per heavy atom. The van der Waals surface area contributed by atoms with Crippen LogP contribution in [-0.4, -0.2) is 10.7 Å². The van der Waals surface area contributed by atoms with Gasteiger partial charge in [0.2, 0.25) is 0 Å². The van der Waals surface area contributed by atoms with Crippen molar-refractivity contribution in [1.29, 1.82) is 0 Å². The van der Waals surface area contributed by atoms with E-state index in [1.165, 1.54) is 50.5 Å². The minimum Gasteiger partial charge on any atom is -0.389 e. The maximum atomic E-state index is 11.3. The number of aliphatic hydroxyl groups is 1. The summed E-state index contributed by atoms with van der Waals surface area (Å²) in [6.07, 6.45) is 10.7. The SMILES string of the molecule is OC1(Cc2ccccc2)CCCCC12CCCC2. The van der Waals surface area contributed by atoms with E-state index in [9.17, 15) is 5.11 Å². The fourth-order valence-electron chi connectivity index (χ4n) is 4.36. The molecule has 0 aromatic heterocycles. The van der Waals surface area contributed by atoms with Gasteiger partial charge in [0.15, 0.2) is 0 Å². The molecule has 1 unspecified atom stereocenters. The van der Waals surface area contributed by atoms with Crippen molar-refractivity contribution in [2.75, 3.05) is 0 Å². The minimum atomic E-state index is -0.441. The highest BCUT2D eigenvalue weighted by atomic mass is 16.3. The lowest BCUT2D eigenvalue weighted by Crippen LogP contribution is -2.50. The summed E-state index contributed by atoms with van der Waals surface area (Å²) in [5.74, 6) is 0. The Bertz CT molecular complexity index is 391. The highest BCUT2D eigenvalue weighted by Crippen LogP contribution is 2.55. The average Bonchev–Trinajstić information content (AvgIpc) is 2.85. The van der Waals surface area contributed by atoms with E-state index in [1.807, 2.05) is 0 Å². The van der Waals surface area contributed by atoms with Gasteiger partial charge >= 0.3 is 0 Å². The molecule has 2 aliphatic rings. The molecule has 1 heteroatoms.